The predicted octanol–water partition coefficient (Wildman–Crippen LogP) is 6.77. The van der Waals surface area contributed by atoms with Crippen molar-refractivity contribution in [2.45, 2.75) is 40.2 Å². The van der Waals surface area contributed by atoms with Crippen molar-refractivity contribution in [3.05, 3.63) is 118 Å². The van der Waals surface area contributed by atoms with Gasteiger partial charge >= 0.3 is 0 Å². The third-order valence-electron chi connectivity index (χ3n) is 7.14. The van der Waals surface area contributed by atoms with Gasteiger partial charge in [-0.2, -0.15) is 0 Å². The molecule has 0 aliphatic carbocycles. The molecule has 6 nitrogen and oxygen atoms in total. The second-order valence-corrected chi connectivity index (χ2v) is 10.6. The van der Waals surface area contributed by atoms with Crippen molar-refractivity contribution in [3.8, 4) is 11.4 Å². The fourth-order valence-corrected chi connectivity index (χ4v) is 5.14. The molecule has 1 aliphatic heterocycles. The molecule has 0 atom stereocenters. The highest BCUT2D eigenvalue weighted by atomic mass is 32.1. The van der Waals surface area contributed by atoms with Gasteiger partial charge in [-0.1, -0.05) is 44.2 Å². The number of hydrogen-bond acceptors (Lipinski definition) is 4. The van der Waals surface area contributed by atoms with Gasteiger partial charge in [-0.05, 0) is 97.7 Å². The Hall–Kier alpha value is -4.56. The van der Waals surface area contributed by atoms with Gasteiger partial charge in [-0.25, -0.2) is 4.39 Å². The van der Waals surface area contributed by atoms with E-state index >= 15 is 0 Å². The number of nitrogens with zero attached hydrogens (tertiary/aromatic N) is 2. The van der Waals surface area contributed by atoms with Gasteiger partial charge in [0.05, 0.1) is 5.69 Å². The van der Waals surface area contributed by atoms with Gasteiger partial charge in [0.1, 0.15) is 23.7 Å². The summed E-state index contributed by atoms with van der Waals surface area (Å²) in [4.78, 5) is 27.8. The Labute approximate surface area is 244 Å². The number of aryl methyl sites for hydroxylation is 1. The lowest BCUT2D eigenvalue weighted by atomic mass is 10.0. The quantitative estimate of drug-likeness (QED) is 0.152. The Kier molecular flexibility index (Phi) is 7.85. The fourth-order valence-electron chi connectivity index (χ4n) is 4.85. The Balaban J connectivity index is 1.39. The number of anilines is 1. The first kappa shape index (κ1) is 28.0. The molecule has 0 saturated carbocycles. The van der Waals surface area contributed by atoms with E-state index in [9.17, 15) is 14.0 Å². The standard InChI is InChI=1S/C33H30FN3O3S/c1-20(2)23-9-11-27(12-10-23)37-32(39)29(31(38)35-33(37)41)18-25-17-21(3)36(22(25)4)26-13-15-28(16-14-26)40-19-24-7-5-6-8-30(24)34/h5-18,20H,19H2,1-4H3,(H,35,38,41)/b29-18+. The van der Waals surface area contributed by atoms with Crippen molar-refractivity contribution in [1.29, 1.82) is 0 Å². The van der Waals surface area contributed by atoms with Crippen LogP contribution in [-0.2, 0) is 16.2 Å². The van der Waals surface area contributed by atoms with Crippen molar-refractivity contribution in [2.75, 3.05) is 4.90 Å². The van der Waals surface area contributed by atoms with E-state index < -0.39 is 11.8 Å². The van der Waals surface area contributed by atoms with E-state index in [1.54, 1.807) is 24.3 Å². The topological polar surface area (TPSA) is 63.6 Å². The number of hydrogen-bond donors (Lipinski definition) is 1. The highest BCUT2D eigenvalue weighted by Gasteiger charge is 2.34. The van der Waals surface area contributed by atoms with Gasteiger partial charge in [0, 0.05) is 22.6 Å². The second-order valence-electron chi connectivity index (χ2n) is 10.2. The Morgan fingerprint density at radius 2 is 1.61 bits per heavy atom. The molecule has 8 heteroatoms. The predicted molar refractivity (Wildman–Crippen MR) is 163 cm³/mol. The van der Waals surface area contributed by atoms with E-state index in [0.29, 0.717) is 22.9 Å². The van der Waals surface area contributed by atoms with E-state index in [1.165, 1.54) is 11.0 Å². The highest BCUT2D eigenvalue weighted by molar-refractivity contribution is 7.80. The summed E-state index contributed by atoms with van der Waals surface area (Å²) in [6.45, 7) is 8.21. The number of aromatic nitrogens is 1. The van der Waals surface area contributed by atoms with Crippen LogP contribution in [0, 0.1) is 19.7 Å². The zero-order valence-electron chi connectivity index (χ0n) is 23.3. The van der Waals surface area contributed by atoms with Crippen molar-refractivity contribution in [1.82, 2.24) is 9.88 Å². The summed E-state index contributed by atoms with van der Waals surface area (Å²) in [7, 11) is 0. The zero-order chi connectivity index (χ0) is 29.3. The first-order valence-corrected chi connectivity index (χ1v) is 13.7. The normalized spacial score (nSPS) is 14.6. The largest absolute Gasteiger partial charge is 0.489 e. The fraction of sp³-hybridized carbons (Fsp3) is 0.182. The Morgan fingerprint density at radius 3 is 2.27 bits per heavy atom. The molecule has 3 aromatic carbocycles. The number of ether oxygens (including phenoxy) is 1. The summed E-state index contributed by atoms with van der Waals surface area (Å²) in [5.41, 5.74) is 5.63. The van der Waals surface area contributed by atoms with Crippen LogP contribution in [0.5, 0.6) is 5.75 Å². The first-order valence-electron chi connectivity index (χ1n) is 13.3. The molecule has 1 aromatic heterocycles. The smallest absolute Gasteiger partial charge is 0.270 e. The van der Waals surface area contributed by atoms with E-state index in [0.717, 1.165) is 28.2 Å². The van der Waals surface area contributed by atoms with Crippen LogP contribution in [0.4, 0.5) is 10.1 Å². The molecule has 5 rings (SSSR count). The lowest BCUT2D eigenvalue weighted by molar-refractivity contribution is -0.122. The molecule has 1 fully saturated rings. The number of amides is 2. The number of thiocarbonyl (C=S) groups is 1. The van der Waals surface area contributed by atoms with Crippen LogP contribution >= 0.6 is 12.2 Å². The molecule has 0 bridgehead atoms. The van der Waals surface area contributed by atoms with E-state index in [2.05, 4.69) is 19.2 Å². The zero-order valence-corrected chi connectivity index (χ0v) is 24.1. The average molecular weight is 568 g/mol. The van der Waals surface area contributed by atoms with E-state index in [1.807, 2.05) is 73.0 Å². The summed E-state index contributed by atoms with van der Waals surface area (Å²) >= 11 is 5.36. The molecule has 1 saturated heterocycles. The van der Waals surface area contributed by atoms with Crippen LogP contribution in [0.25, 0.3) is 11.8 Å². The number of benzene rings is 3. The summed E-state index contributed by atoms with van der Waals surface area (Å²) < 4.78 is 21.7. The third-order valence-corrected chi connectivity index (χ3v) is 7.42. The number of carbonyl (C=O) groups excluding carboxylic acids is 2. The van der Waals surface area contributed by atoms with Gasteiger partial charge < -0.3 is 9.30 Å². The Morgan fingerprint density at radius 1 is 0.951 bits per heavy atom. The minimum atomic E-state index is -0.531. The van der Waals surface area contributed by atoms with Crippen LogP contribution in [0.1, 0.15) is 47.8 Å². The summed E-state index contributed by atoms with van der Waals surface area (Å²) in [5.74, 6) is -0.346. The van der Waals surface area contributed by atoms with Gasteiger partial charge in [-0.15, -0.1) is 0 Å². The molecule has 1 N–H and O–H groups in total. The second kappa shape index (κ2) is 11.5. The highest BCUT2D eigenvalue weighted by Crippen LogP contribution is 2.28. The van der Waals surface area contributed by atoms with Crippen LogP contribution < -0.4 is 15.0 Å². The molecule has 2 amide bonds. The third kappa shape index (κ3) is 5.69. The molecule has 0 radical (unpaired) electrons. The lowest BCUT2D eigenvalue weighted by Gasteiger charge is -2.29. The maximum Gasteiger partial charge on any atom is 0.270 e. The molecule has 41 heavy (non-hydrogen) atoms. The van der Waals surface area contributed by atoms with Gasteiger partial charge in [0.2, 0.25) is 0 Å². The van der Waals surface area contributed by atoms with Crippen LogP contribution in [0.3, 0.4) is 0 Å². The Bertz CT molecular complexity index is 1670. The van der Waals surface area contributed by atoms with Crippen molar-refractivity contribution < 1.29 is 18.7 Å². The maximum absolute atomic E-state index is 13.9. The van der Waals surface area contributed by atoms with Crippen LogP contribution in [0.15, 0.2) is 84.4 Å². The van der Waals surface area contributed by atoms with Gasteiger partial charge in [-0.3, -0.25) is 19.8 Å². The molecule has 4 aromatic rings. The van der Waals surface area contributed by atoms with Crippen molar-refractivity contribution in [2.24, 2.45) is 0 Å². The SMILES string of the molecule is Cc1cc(/C=C2\C(=O)NC(=S)N(c3ccc(C(C)C)cc3)C2=O)c(C)n1-c1ccc(OCc2ccccc2F)cc1. The molecule has 2 heterocycles. The van der Waals surface area contributed by atoms with E-state index in [-0.39, 0.29) is 23.1 Å². The molecule has 1 aliphatic rings. The number of carbonyl (C=O) groups is 2. The summed E-state index contributed by atoms with van der Waals surface area (Å²) in [6, 6.07) is 23.5. The molecular formula is C33H30FN3O3S. The monoisotopic (exact) mass is 567 g/mol. The minimum absolute atomic E-state index is 0.00341. The average Bonchev–Trinajstić information content (AvgIpc) is 3.23. The van der Waals surface area contributed by atoms with Gasteiger partial charge in [0.25, 0.3) is 11.8 Å². The number of halogens is 1. The summed E-state index contributed by atoms with van der Waals surface area (Å²) in [6.07, 6.45) is 1.61. The molecule has 208 valence electrons. The minimum Gasteiger partial charge on any atom is -0.489 e. The lowest BCUT2D eigenvalue weighted by Crippen LogP contribution is -2.54. The molecule has 0 spiro atoms. The van der Waals surface area contributed by atoms with Crippen LogP contribution in [0.2, 0.25) is 0 Å². The van der Waals surface area contributed by atoms with Crippen molar-refractivity contribution in [3.63, 3.8) is 0 Å². The summed E-state index contributed by atoms with van der Waals surface area (Å²) in [5, 5.41) is 2.71. The van der Waals surface area contributed by atoms with Crippen LogP contribution in [-0.4, -0.2) is 21.5 Å². The number of rotatable bonds is 7. The maximum atomic E-state index is 13.9. The van der Waals surface area contributed by atoms with Crippen molar-refractivity contribution >= 4 is 40.9 Å². The van der Waals surface area contributed by atoms with E-state index in [4.69, 9.17) is 17.0 Å². The first-order chi connectivity index (χ1) is 19.6. The molecular weight excluding hydrogens is 537 g/mol. The number of nitrogens with one attached hydrogen (secondary N) is 1. The molecule has 0 unspecified atom stereocenters. The van der Waals surface area contributed by atoms with Gasteiger partial charge in [0.15, 0.2) is 5.11 Å².